The van der Waals surface area contributed by atoms with E-state index in [-0.39, 0.29) is 10.0 Å². The molecule has 0 atom stereocenters. The van der Waals surface area contributed by atoms with Gasteiger partial charge < -0.3 is 9.73 Å². The zero-order valence-electron chi connectivity index (χ0n) is 8.71. The third kappa shape index (κ3) is 2.48. The van der Waals surface area contributed by atoms with Gasteiger partial charge in [-0.25, -0.2) is 4.39 Å². The van der Waals surface area contributed by atoms with E-state index in [0.29, 0.717) is 18.0 Å². The average Bonchev–Trinajstić information content (AvgIpc) is 2.84. The first-order valence-corrected chi connectivity index (χ1v) is 5.66. The van der Waals surface area contributed by atoms with E-state index in [2.05, 4.69) is 21.2 Å². The molecule has 0 amide bonds. The first-order chi connectivity index (χ1) is 8.22. The van der Waals surface area contributed by atoms with Gasteiger partial charge in [0, 0.05) is 0 Å². The van der Waals surface area contributed by atoms with Crippen LogP contribution in [0.1, 0.15) is 11.3 Å². The maximum atomic E-state index is 13.8. The van der Waals surface area contributed by atoms with Crippen molar-refractivity contribution in [3.8, 4) is 6.07 Å². The van der Waals surface area contributed by atoms with E-state index < -0.39 is 5.82 Å². The van der Waals surface area contributed by atoms with Gasteiger partial charge in [0.2, 0.25) is 0 Å². The van der Waals surface area contributed by atoms with E-state index >= 15 is 0 Å². The number of rotatable bonds is 3. The Morgan fingerprint density at radius 3 is 2.88 bits per heavy atom. The van der Waals surface area contributed by atoms with Crippen LogP contribution in [0.5, 0.6) is 0 Å². The molecule has 0 saturated heterocycles. The molecule has 1 aromatic heterocycles. The average molecular weight is 295 g/mol. The number of furan rings is 1. The smallest absolute Gasteiger partial charge is 0.161 e. The van der Waals surface area contributed by atoms with Gasteiger partial charge in [-0.1, -0.05) is 0 Å². The molecule has 2 aromatic rings. The molecule has 0 radical (unpaired) electrons. The number of nitriles is 1. The molecule has 0 bridgehead atoms. The van der Waals surface area contributed by atoms with Crippen molar-refractivity contribution in [2.75, 3.05) is 5.32 Å². The summed E-state index contributed by atoms with van der Waals surface area (Å²) in [5.41, 5.74) is 0.596. The molecule has 2 rings (SSSR count). The van der Waals surface area contributed by atoms with Crippen LogP contribution in [0.2, 0.25) is 0 Å². The van der Waals surface area contributed by atoms with Crippen LogP contribution < -0.4 is 5.32 Å². The predicted molar refractivity (Wildman–Crippen MR) is 64.8 cm³/mol. The highest BCUT2D eigenvalue weighted by atomic mass is 79.9. The zero-order valence-corrected chi connectivity index (χ0v) is 10.3. The minimum absolute atomic E-state index is 0.171. The summed E-state index contributed by atoms with van der Waals surface area (Å²) in [6.07, 6.45) is 1.56. The second-order valence-corrected chi connectivity index (χ2v) is 4.13. The standard InChI is InChI=1S/C12H8BrFN2O/c13-11-8(6-15)3-4-10(12(11)14)16-7-9-2-1-5-17-9/h1-5,16H,7H2. The molecule has 0 unspecified atom stereocenters. The van der Waals surface area contributed by atoms with Gasteiger partial charge in [-0.2, -0.15) is 5.26 Å². The van der Waals surface area contributed by atoms with E-state index in [1.54, 1.807) is 24.5 Å². The molecule has 0 saturated carbocycles. The Hall–Kier alpha value is -1.80. The van der Waals surface area contributed by atoms with Crippen molar-refractivity contribution in [1.29, 1.82) is 5.26 Å². The molecule has 1 aromatic carbocycles. The quantitative estimate of drug-likeness (QED) is 0.940. The van der Waals surface area contributed by atoms with Crippen LogP contribution in [0.4, 0.5) is 10.1 Å². The second-order valence-electron chi connectivity index (χ2n) is 3.33. The predicted octanol–water partition coefficient (Wildman–Crippen LogP) is 3.66. The summed E-state index contributed by atoms with van der Waals surface area (Å²) in [7, 11) is 0. The lowest BCUT2D eigenvalue weighted by atomic mass is 10.2. The fourth-order valence-corrected chi connectivity index (χ4v) is 1.80. The Balaban J connectivity index is 2.17. The van der Waals surface area contributed by atoms with E-state index in [4.69, 9.17) is 9.68 Å². The Bertz CT molecular complexity index is 561. The highest BCUT2D eigenvalue weighted by Gasteiger charge is 2.10. The molecular weight excluding hydrogens is 287 g/mol. The Kier molecular flexibility index (Phi) is 3.45. The van der Waals surface area contributed by atoms with Crippen LogP contribution in [-0.4, -0.2) is 0 Å². The second kappa shape index (κ2) is 5.02. The SMILES string of the molecule is N#Cc1ccc(NCc2ccco2)c(F)c1Br. The van der Waals surface area contributed by atoms with Crippen molar-refractivity contribution < 1.29 is 8.81 Å². The minimum Gasteiger partial charge on any atom is -0.467 e. The summed E-state index contributed by atoms with van der Waals surface area (Å²) in [5.74, 6) is 0.237. The number of benzene rings is 1. The van der Waals surface area contributed by atoms with Gasteiger partial charge in [0.05, 0.1) is 28.5 Å². The van der Waals surface area contributed by atoms with Gasteiger partial charge in [0.1, 0.15) is 11.8 Å². The molecule has 0 aliphatic heterocycles. The third-order valence-electron chi connectivity index (χ3n) is 2.24. The molecule has 0 spiro atoms. The van der Waals surface area contributed by atoms with Crippen LogP contribution in [0.15, 0.2) is 39.4 Å². The third-order valence-corrected chi connectivity index (χ3v) is 3.01. The molecule has 0 fully saturated rings. The van der Waals surface area contributed by atoms with Crippen LogP contribution in [0, 0.1) is 17.1 Å². The van der Waals surface area contributed by atoms with Crippen LogP contribution >= 0.6 is 15.9 Å². The molecule has 1 heterocycles. The van der Waals surface area contributed by atoms with Crippen molar-refractivity contribution in [3.05, 3.63) is 52.1 Å². The maximum Gasteiger partial charge on any atom is 0.161 e. The number of nitrogens with zero attached hydrogens (tertiary/aromatic N) is 1. The zero-order chi connectivity index (χ0) is 12.3. The molecule has 1 N–H and O–H groups in total. The number of hydrogen-bond acceptors (Lipinski definition) is 3. The van der Waals surface area contributed by atoms with Crippen LogP contribution in [0.25, 0.3) is 0 Å². The maximum absolute atomic E-state index is 13.8. The van der Waals surface area contributed by atoms with E-state index in [9.17, 15) is 4.39 Å². The summed E-state index contributed by atoms with van der Waals surface area (Å²) in [4.78, 5) is 0. The number of nitrogens with one attached hydrogen (secondary N) is 1. The van der Waals surface area contributed by atoms with Crippen molar-refractivity contribution in [2.45, 2.75) is 6.54 Å². The fourth-order valence-electron chi connectivity index (χ4n) is 1.37. The Labute approximate surface area is 106 Å². The van der Waals surface area contributed by atoms with Crippen molar-refractivity contribution in [3.63, 3.8) is 0 Å². The lowest BCUT2D eigenvalue weighted by molar-refractivity contribution is 0.517. The van der Waals surface area contributed by atoms with E-state index in [1.165, 1.54) is 6.07 Å². The monoisotopic (exact) mass is 294 g/mol. The molecule has 86 valence electrons. The number of anilines is 1. The molecule has 0 aliphatic rings. The summed E-state index contributed by atoms with van der Waals surface area (Å²) in [6.45, 7) is 0.391. The van der Waals surface area contributed by atoms with Crippen molar-refractivity contribution in [1.82, 2.24) is 0 Å². The van der Waals surface area contributed by atoms with Gasteiger partial charge in [-0.05, 0) is 40.2 Å². The minimum atomic E-state index is -0.476. The first kappa shape index (κ1) is 11.7. The summed E-state index contributed by atoms with van der Waals surface area (Å²) < 4.78 is 19.1. The lowest BCUT2D eigenvalue weighted by Crippen LogP contribution is -2.01. The van der Waals surface area contributed by atoms with Gasteiger partial charge >= 0.3 is 0 Å². The van der Waals surface area contributed by atoms with E-state index in [0.717, 1.165) is 0 Å². The molecule has 17 heavy (non-hydrogen) atoms. The topological polar surface area (TPSA) is 49.0 Å². The summed E-state index contributed by atoms with van der Waals surface area (Å²) >= 11 is 3.05. The molecule has 5 heteroatoms. The normalized spacial score (nSPS) is 9.94. The summed E-state index contributed by atoms with van der Waals surface area (Å²) in [5, 5.41) is 11.6. The number of halogens is 2. The van der Waals surface area contributed by atoms with E-state index in [1.807, 2.05) is 6.07 Å². The van der Waals surface area contributed by atoms with Crippen LogP contribution in [-0.2, 0) is 6.54 Å². The van der Waals surface area contributed by atoms with Crippen molar-refractivity contribution >= 4 is 21.6 Å². The van der Waals surface area contributed by atoms with Crippen LogP contribution in [0.3, 0.4) is 0 Å². The highest BCUT2D eigenvalue weighted by Crippen LogP contribution is 2.26. The largest absolute Gasteiger partial charge is 0.467 e. The number of hydrogen-bond donors (Lipinski definition) is 1. The molecular formula is C12H8BrFN2O. The summed E-state index contributed by atoms with van der Waals surface area (Å²) in [6, 6.07) is 8.54. The van der Waals surface area contributed by atoms with Gasteiger partial charge in [-0.15, -0.1) is 0 Å². The molecule has 0 aliphatic carbocycles. The first-order valence-electron chi connectivity index (χ1n) is 4.86. The Morgan fingerprint density at radius 2 is 2.24 bits per heavy atom. The fraction of sp³-hybridized carbons (Fsp3) is 0.0833. The van der Waals surface area contributed by atoms with Gasteiger partial charge in [0.25, 0.3) is 0 Å². The van der Waals surface area contributed by atoms with Gasteiger partial charge in [-0.3, -0.25) is 0 Å². The molecule has 3 nitrogen and oxygen atoms in total. The highest BCUT2D eigenvalue weighted by molar-refractivity contribution is 9.10. The lowest BCUT2D eigenvalue weighted by Gasteiger charge is -2.07. The van der Waals surface area contributed by atoms with Crippen molar-refractivity contribution in [2.24, 2.45) is 0 Å². The Morgan fingerprint density at radius 1 is 1.41 bits per heavy atom. The van der Waals surface area contributed by atoms with Gasteiger partial charge in [0.15, 0.2) is 5.82 Å².